The molecule has 0 atom stereocenters. The number of thiazole rings is 1. The molecule has 3 heterocycles. The second kappa shape index (κ2) is 5.40. The van der Waals surface area contributed by atoms with E-state index in [0.717, 1.165) is 20.7 Å². The number of hydrogen-bond acceptors (Lipinski definition) is 7. The zero-order valence-corrected chi connectivity index (χ0v) is 11.5. The molecule has 0 spiro atoms. The summed E-state index contributed by atoms with van der Waals surface area (Å²) in [7, 11) is 1.44. The van der Waals surface area contributed by atoms with Crippen molar-refractivity contribution in [1.29, 1.82) is 0 Å². The van der Waals surface area contributed by atoms with E-state index in [2.05, 4.69) is 20.4 Å². The highest BCUT2D eigenvalue weighted by atomic mass is 32.1. The zero-order valence-electron chi connectivity index (χ0n) is 11.7. The largest absolute Gasteiger partial charge is 0.465 e. The number of aromatic nitrogens is 6. The first kappa shape index (κ1) is 12.1. The Kier molecular flexibility index (Phi) is 3.12. The highest BCUT2D eigenvalue weighted by molar-refractivity contribution is 7.11. The van der Waals surface area contributed by atoms with Gasteiger partial charge in [0.15, 0.2) is 0 Å². The summed E-state index contributed by atoms with van der Waals surface area (Å²) in [6.45, 7) is -0.203. The maximum Gasteiger partial charge on any atom is 0.368 e. The zero-order chi connectivity index (χ0) is 15.7. The van der Waals surface area contributed by atoms with Crippen molar-refractivity contribution in [1.82, 2.24) is 29.8 Å². The second-order valence-electron chi connectivity index (χ2n) is 3.93. The Morgan fingerprint density at radius 3 is 3.00 bits per heavy atom. The predicted octanol–water partition coefficient (Wildman–Crippen LogP) is 0.536. The molecule has 0 amide bonds. The van der Waals surface area contributed by atoms with E-state index in [-0.39, 0.29) is 29.2 Å². The Hall–Kier alpha value is -2.62. The van der Waals surface area contributed by atoms with Crippen LogP contribution >= 0.6 is 11.3 Å². The van der Waals surface area contributed by atoms with Crippen LogP contribution in [-0.4, -0.2) is 29.8 Å². The summed E-state index contributed by atoms with van der Waals surface area (Å²) in [5, 5.41) is 8.97. The molecule has 108 valence electrons. The van der Waals surface area contributed by atoms with E-state index >= 15 is 0 Å². The van der Waals surface area contributed by atoms with E-state index in [9.17, 15) is 9.18 Å². The van der Waals surface area contributed by atoms with Gasteiger partial charge in [-0.2, -0.15) is 13.8 Å². The van der Waals surface area contributed by atoms with Gasteiger partial charge in [0, 0.05) is 24.8 Å². The Bertz CT molecular complexity index is 876. The fourth-order valence-corrected chi connectivity index (χ4v) is 2.08. The standard InChI is InChI=1S/C11H9FN6O2S/c1-17-11(19)18(16-15-17)8-2-3-13-9(12)7(8)6-20-10-14-4-5-21-10/h2-5H,6H2,1H3/i4T. The van der Waals surface area contributed by atoms with Crippen molar-refractivity contribution < 1.29 is 10.5 Å². The molecule has 0 aliphatic carbocycles. The molecule has 0 saturated heterocycles. The van der Waals surface area contributed by atoms with Gasteiger partial charge in [-0.1, -0.05) is 11.3 Å². The minimum atomic E-state index is -0.780. The number of tetrazole rings is 1. The Balaban J connectivity index is 1.96. The van der Waals surface area contributed by atoms with Crippen LogP contribution in [0.3, 0.4) is 0 Å². The molecule has 3 aromatic rings. The van der Waals surface area contributed by atoms with Crippen LogP contribution in [0.4, 0.5) is 4.39 Å². The van der Waals surface area contributed by atoms with Gasteiger partial charge >= 0.3 is 5.69 Å². The van der Waals surface area contributed by atoms with Crippen LogP contribution in [0, 0.1) is 5.95 Å². The molecule has 0 radical (unpaired) electrons. The van der Waals surface area contributed by atoms with E-state index in [1.54, 1.807) is 0 Å². The van der Waals surface area contributed by atoms with Gasteiger partial charge in [-0.05, 0) is 16.5 Å². The maximum absolute atomic E-state index is 14.0. The summed E-state index contributed by atoms with van der Waals surface area (Å²) in [6.07, 6.45) is 1.29. The molecular weight excluding hydrogens is 299 g/mol. The molecule has 0 fully saturated rings. The van der Waals surface area contributed by atoms with Crippen molar-refractivity contribution in [2.24, 2.45) is 7.05 Å². The van der Waals surface area contributed by atoms with Crippen LogP contribution in [-0.2, 0) is 13.7 Å². The third kappa shape index (κ3) is 2.52. The number of hydrogen-bond donors (Lipinski definition) is 0. The molecule has 0 unspecified atom stereocenters. The smallest absolute Gasteiger partial charge is 0.368 e. The molecule has 0 saturated carbocycles. The van der Waals surface area contributed by atoms with E-state index in [1.165, 1.54) is 24.7 Å². The van der Waals surface area contributed by atoms with E-state index < -0.39 is 11.6 Å². The molecule has 0 aliphatic heterocycles. The molecule has 10 heteroatoms. The average Bonchev–Trinajstić information content (AvgIpc) is 3.05. The summed E-state index contributed by atoms with van der Waals surface area (Å²) in [6, 6.07) is 1.44. The predicted molar refractivity (Wildman–Crippen MR) is 70.8 cm³/mol. The fraction of sp³-hybridized carbons (Fsp3) is 0.182. The first-order valence-electron chi connectivity index (χ1n) is 6.24. The quantitative estimate of drug-likeness (QED) is 0.653. The van der Waals surface area contributed by atoms with Crippen molar-refractivity contribution in [3.8, 4) is 10.9 Å². The number of ether oxygens (including phenoxy) is 1. The lowest BCUT2D eigenvalue weighted by Crippen LogP contribution is -2.23. The molecule has 21 heavy (non-hydrogen) atoms. The molecular formula is C11H9FN6O2S. The van der Waals surface area contributed by atoms with Crippen LogP contribution in [0.2, 0.25) is 0 Å². The third-order valence-corrected chi connectivity index (χ3v) is 3.27. The number of rotatable bonds is 4. The molecule has 3 aromatic heterocycles. The van der Waals surface area contributed by atoms with Crippen molar-refractivity contribution in [2.75, 3.05) is 0 Å². The summed E-state index contributed by atoms with van der Waals surface area (Å²) >= 11 is 1.12. The summed E-state index contributed by atoms with van der Waals surface area (Å²) in [4.78, 5) is 19.2. The SMILES string of the molecule is [3H]c1csc(OCc2c(-n3nnn(C)c3=O)ccnc2F)n1. The van der Waals surface area contributed by atoms with Gasteiger partial charge in [0.1, 0.15) is 6.61 Å². The number of nitrogens with zero attached hydrogens (tertiary/aromatic N) is 6. The highest BCUT2D eigenvalue weighted by Crippen LogP contribution is 2.19. The van der Waals surface area contributed by atoms with Gasteiger partial charge in [-0.15, -0.1) is 0 Å². The minimum Gasteiger partial charge on any atom is -0.465 e. The topological polar surface area (TPSA) is 87.7 Å². The van der Waals surface area contributed by atoms with Crippen LogP contribution in [0.5, 0.6) is 5.19 Å². The highest BCUT2D eigenvalue weighted by Gasteiger charge is 2.16. The van der Waals surface area contributed by atoms with Crippen molar-refractivity contribution in [3.63, 3.8) is 0 Å². The van der Waals surface area contributed by atoms with Gasteiger partial charge in [0.25, 0.3) is 5.19 Å². The summed E-state index contributed by atoms with van der Waals surface area (Å²) in [5.74, 6) is -0.780. The maximum atomic E-state index is 14.0. The van der Waals surface area contributed by atoms with Gasteiger partial charge in [0.05, 0.1) is 12.6 Å². The van der Waals surface area contributed by atoms with Crippen LogP contribution in [0.25, 0.3) is 5.69 Å². The fourth-order valence-electron chi connectivity index (χ4n) is 1.64. The van der Waals surface area contributed by atoms with E-state index in [4.69, 9.17) is 6.11 Å². The molecule has 8 nitrogen and oxygen atoms in total. The summed E-state index contributed by atoms with van der Waals surface area (Å²) in [5.41, 5.74) is -0.283. The Morgan fingerprint density at radius 1 is 1.48 bits per heavy atom. The van der Waals surface area contributed by atoms with E-state index in [1.807, 2.05) is 0 Å². The Labute approximate surface area is 122 Å². The lowest BCUT2D eigenvalue weighted by molar-refractivity contribution is 0.295. The van der Waals surface area contributed by atoms with Crippen LogP contribution in [0.1, 0.15) is 6.93 Å². The van der Waals surface area contributed by atoms with Gasteiger partial charge < -0.3 is 4.74 Å². The lowest BCUT2D eigenvalue weighted by atomic mass is 10.2. The molecule has 3 rings (SSSR count). The van der Waals surface area contributed by atoms with Gasteiger partial charge in [-0.25, -0.2) is 14.8 Å². The number of pyridine rings is 1. The van der Waals surface area contributed by atoms with Gasteiger partial charge in [-0.3, -0.25) is 0 Å². The van der Waals surface area contributed by atoms with Gasteiger partial charge in [0.2, 0.25) is 5.95 Å². The minimum absolute atomic E-state index is 0.0480. The van der Waals surface area contributed by atoms with Crippen molar-refractivity contribution in [2.45, 2.75) is 6.61 Å². The number of halogens is 1. The van der Waals surface area contributed by atoms with Crippen LogP contribution in [0.15, 0.2) is 28.6 Å². The first-order chi connectivity index (χ1) is 10.6. The Morgan fingerprint density at radius 2 is 2.33 bits per heavy atom. The average molecular weight is 310 g/mol. The summed E-state index contributed by atoms with van der Waals surface area (Å²) < 4.78 is 28.6. The van der Waals surface area contributed by atoms with E-state index in [0.29, 0.717) is 0 Å². The second-order valence-corrected chi connectivity index (χ2v) is 4.75. The molecule has 0 aliphatic rings. The van der Waals surface area contributed by atoms with Crippen LogP contribution < -0.4 is 10.4 Å². The van der Waals surface area contributed by atoms with Crippen molar-refractivity contribution in [3.05, 3.63) is 45.8 Å². The first-order valence-corrected chi connectivity index (χ1v) is 6.62. The number of aryl methyl sites for hydroxylation is 1. The molecule has 0 aromatic carbocycles. The molecule has 0 N–H and O–H groups in total. The third-order valence-electron chi connectivity index (χ3n) is 2.64. The normalized spacial score (nSPS) is 11.4. The van der Waals surface area contributed by atoms with Crippen molar-refractivity contribution >= 4 is 11.3 Å². The lowest BCUT2D eigenvalue weighted by Gasteiger charge is -2.08. The molecule has 0 bridgehead atoms. The monoisotopic (exact) mass is 310 g/mol.